The van der Waals surface area contributed by atoms with Gasteiger partial charge in [-0.25, -0.2) is 0 Å². The lowest BCUT2D eigenvalue weighted by Gasteiger charge is -2.16. The molecule has 0 atom stereocenters. The summed E-state index contributed by atoms with van der Waals surface area (Å²) in [5, 5.41) is 0. The van der Waals surface area contributed by atoms with Crippen LogP contribution in [0.4, 0.5) is 0 Å². The van der Waals surface area contributed by atoms with Crippen LogP contribution >= 0.6 is 0 Å². The molecule has 0 fully saturated rings. The second kappa shape index (κ2) is 6.63. The molecule has 71 valence electrons. The first-order chi connectivity index (χ1) is 5.52. The van der Waals surface area contributed by atoms with Crippen LogP contribution in [-0.4, -0.2) is 29.4 Å². The molecule has 0 saturated carbocycles. The maximum absolute atomic E-state index is 5.35. The van der Waals surface area contributed by atoms with Gasteiger partial charge in [0.15, 0.2) is 0 Å². The van der Waals surface area contributed by atoms with Crippen molar-refractivity contribution < 1.29 is 9.47 Å². The van der Waals surface area contributed by atoms with Gasteiger partial charge in [-0.2, -0.15) is 0 Å². The van der Waals surface area contributed by atoms with Crippen LogP contribution in [0.5, 0.6) is 0 Å². The molecule has 0 aromatic carbocycles. The Labute approximate surface area is 79.1 Å². The van der Waals surface area contributed by atoms with Crippen molar-refractivity contribution in [2.24, 2.45) is 11.8 Å². The topological polar surface area (TPSA) is 18.5 Å². The summed E-state index contributed by atoms with van der Waals surface area (Å²) in [4.78, 5) is 0. The van der Waals surface area contributed by atoms with Crippen molar-refractivity contribution in [3.05, 3.63) is 0 Å². The van der Waals surface area contributed by atoms with Crippen molar-refractivity contribution in [1.29, 1.82) is 0 Å². The maximum Gasteiger partial charge on any atom is 0.134 e. The highest BCUT2D eigenvalue weighted by Crippen LogP contribution is 1.99. The summed E-state index contributed by atoms with van der Waals surface area (Å²) in [5.74, 6) is 0.841. The van der Waals surface area contributed by atoms with E-state index in [1.807, 2.05) is 0 Å². The van der Waals surface area contributed by atoms with Gasteiger partial charge in [0.05, 0.1) is 13.2 Å². The summed E-state index contributed by atoms with van der Waals surface area (Å²) in [6.07, 6.45) is 0. The SMILES string of the molecule is CC(C)COC([Si])OCC(C)C. The van der Waals surface area contributed by atoms with E-state index in [9.17, 15) is 0 Å². The maximum atomic E-state index is 5.35. The Hall–Kier alpha value is 0.137. The van der Waals surface area contributed by atoms with Gasteiger partial charge in [-0.15, -0.1) is 0 Å². The highest BCUT2D eigenvalue weighted by Gasteiger charge is 2.04. The van der Waals surface area contributed by atoms with Crippen LogP contribution in [0.15, 0.2) is 0 Å². The van der Waals surface area contributed by atoms with E-state index in [4.69, 9.17) is 9.47 Å². The molecule has 0 aromatic rings. The second-order valence-corrected chi connectivity index (χ2v) is 4.26. The predicted octanol–water partition coefficient (Wildman–Crippen LogP) is 1.78. The van der Waals surface area contributed by atoms with E-state index in [-0.39, 0.29) is 5.91 Å². The van der Waals surface area contributed by atoms with Crippen molar-refractivity contribution in [3.8, 4) is 0 Å². The third kappa shape index (κ3) is 8.24. The summed E-state index contributed by atoms with van der Waals surface area (Å²) < 4.78 is 10.7. The fraction of sp³-hybridized carbons (Fsp3) is 1.00. The van der Waals surface area contributed by atoms with Crippen LogP contribution < -0.4 is 0 Å². The van der Waals surface area contributed by atoms with Gasteiger partial charge in [0.2, 0.25) is 0 Å². The summed E-state index contributed by atoms with van der Waals surface area (Å²) in [5.41, 5.74) is 0. The van der Waals surface area contributed by atoms with Crippen molar-refractivity contribution in [2.45, 2.75) is 33.6 Å². The predicted molar refractivity (Wildman–Crippen MR) is 51.1 cm³/mol. The van der Waals surface area contributed by atoms with Crippen LogP contribution in [-0.2, 0) is 9.47 Å². The van der Waals surface area contributed by atoms with Gasteiger partial charge in [-0.05, 0) is 11.8 Å². The first kappa shape index (κ1) is 12.1. The average molecular weight is 187 g/mol. The van der Waals surface area contributed by atoms with E-state index in [1.54, 1.807) is 0 Å². The Balaban J connectivity index is 3.27. The van der Waals surface area contributed by atoms with Crippen LogP contribution in [0.1, 0.15) is 27.7 Å². The average Bonchev–Trinajstić information content (AvgIpc) is 1.96. The smallest absolute Gasteiger partial charge is 0.134 e. The van der Waals surface area contributed by atoms with E-state index in [1.165, 1.54) is 0 Å². The Morgan fingerprint density at radius 2 is 1.25 bits per heavy atom. The molecule has 0 aromatic heterocycles. The van der Waals surface area contributed by atoms with Gasteiger partial charge >= 0.3 is 0 Å². The molecule has 0 rings (SSSR count). The van der Waals surface area contributed by atoms with Crippen LogP contribution in [0.25, 0.3) is 0 Å². The van der Waals surface area contributed by atoms with E-state index in [0.29, 0.717) is 11.8 Å². The normalized spacial score (nSPS) is 12.0. The third-order valence-corrected chi connectivity index (χ3v) is 1.50. The molecule has 0 aliphatic rings. The minimum atomic E-state index is -0.255. The first-order valence-corrected chi connectivity index (χ1v) is 5.04. The molecular weight excluding hydrogens is 168 g/mol. The lowest BCUT2D eigenvalue weighted by atomic mass is 10.2. The number of hydrogen-bond acceptors (Lipinski definition) is 2. The molecule has 0 heterocycles. The number of hydrogen-bond donors (Lipinski definition) is 0. The van der Waals surface area contributed by atoms with Crippen molar-refractivity contribution in [3.63, 3.8) is 0 Å². The van der Waals surface area contributed by atoms with Crippen LogP contribution in [0, 0.1) is 11.8 Å². The standard InChI is InChI=1S/C9H19O2Si/c1-7(2)5-10-9(12)11-6-8(3)4/h7-9H,5-6H2,1-4H3. The van der Waals surface area contributed by atoms with Gasteiger partial charge in [0.25, 0.3) is 0 Å². The van der Waals surface area contributed by atoms with Gasteiger partial charge < -0.3 is 9.47 Å². The molecule has 2 nitrogen and oxygen atoms in total. The van der Waals surface area contributed by atoms with E-state index in [0.717, 1.165) is 13.2 Å². The van der Waals surface area contributed by atoms with Gasteiger partial charge in [0.1, 0.15) is 16.2 Å². The lowest BCUT2D eigenvalue weighted by molar-refractivity contribution is -0.102. The zero-order valence-electron chi connectivity index (χ0n) is 8.46. The fourth-order valence-electron chi connectivity index (χ4n) is 0.608. The zero-order chi connectivity index (χ0) is 9.56. The van der Waals surface area contributed by atoms with Crippen molar-refractivity contribution in [1.82, 2.24) is 0 Å². The Bertz CT molecular complexity index is 92.7. The molecule has 0 bridgehead atoms. The number of rotatable bonds is 6. The van der Waals surface area contributed by atoms with Gasteiger partial charge in [0, 0.05) is 0 Å². The molecule has 0 N–H and O–H groups in total. The molecule has 0 amide bonds. The van der Waals surface area contributed by atoms with Crippen molar-refractivity contribution >= 4 is 10.2 Å². The molecule has 0 saturated heterocycles. The monoisotopic (exact) mass is 187 g/mol. The first-order valence-electron chi connectivity index (χ1n) is 4.46. The second-order valence-electron chi connectivity index (χ2n) is 3.79. The quantitative estimate of drug-likeness (QED) is 0.466. The Morgan fingerprint density at radius 3 is 1.50 bits per heavy atom. The van der Waals surface area contributed by atoms with E-state index < -0.39 is 0 Å². The third-order valence-electron chi connectivity index (χ3n) is 1.16. The molecule has 3 radical (unpaired) electrons. The molecule has 0 aliphatic carbocycles. The van der Waals surface area contributed by atoms with E-state index >= 15 is 0 Å². The molecule has 0 aliphatic heterocycles. The van der Waals surface area contributed by atoms with Gasteiger partial charge in [-0.1, -0.05) is 27.7 Å². The zero-order valence-corrected chi connectivity index (χ0v) is 9.46. The minimum absolute atomic E-state index is 0.255. The Morgan fingerprint density at radius 1 is 0.917 bits per heavy atom. The summed E-state index contributed by atoms with van der Waals surface area (Å²) in [6.45, 7) is 9.91. The van der Waals surface area contributed by atoms with Crippen LogP contribution in [0.2, 0.25) is 0 Å². The van der Waals surface area contributed by atoms with Crippen molar-refractivity contribution in [2.75, 3.05) is 13.2 Å². The van der Waals surface area contributed by atoms with Crippen LogP contribution in [0.3, 0.4) is 0 Å². The number of ether oxygens (including phenoxy) is 2. The fourth-order valence-corrected chi connectivity index (χ4v) is 0.800. The Kier molecular flexibility index (Phi) is 6.71. The molecular formula is C9H19O2Si. The summed E-state index contributed by atoms with van der Waals surface area (Å²) in [7, 11) is 3.34. The highest BCUT2D eigenvalue weighted by atomic mass is 28.1. The lowest BCUT2D eigenvalue weighted by Crippen LogP contribution is -2.21. The summed E-state index contributed by atoms with van der Waals surface area (Å²) >= 11 is 0. The molecule has 0 unspecified atom stereocenters. The van der Waals surface area contributed by atoms with Gasteiger partial charge in [-0.3, -0.25) is 0 Å². The highest BCUT2D eigenvalue weighted by molar-refractivity contribution is 6.10. The molecule has 12 heavy (non-hydrogen) atoms. The molecule has 0 spiro atoms. The minimum Gasteiger partial charge on any atom is -0.357 e. The summed E-state index contributed by atoms with van der Waals surface area (Å²) in [6, 6.07) is 0. The van der Waals surface area contributed by atoms with E-state index in [2.05, 4.69) is 37.9 Å². The largest absolute Gasteiger partial charge is 0.357 e. The molecule has 3 heteroatoms.